The van der Waals surface area contributed by atoms with Crippen LogP contribution in [0, 0.1) is 0 Å². The van der Waals surface area contributed by atoms with E-state index in [1.54, 1.807) is 0 Å². The van der Waals surface area contributed by atoms with Crippen molar-refractivity contribution in [1.29, 1.82) is 0 Å². The maximum Gasteiger partial charge on any atom is 0.0175 e. The fourth-order valence-electron chi connectivity index (χ4n) is 2.58. The average molecular weight is 406 g/mol. The summed E-state index contributed by atoms with van der Waals surface area (Å²) in [5.41, 5.74) is 1.42. The quantitative estimate of drug-likeness (QED) is 0.705. The second kappa shape index (κ2) is 9.93. The van der Waals surface area contributed by atoms with Crippen molar-refractivity contribution in [2.75, 3.05) is 39.8 Å². The Bertz CT molecular complexity index is 361. The second-order valence-electron chi connectivity index (χ2n) is 5.58. The molecule has 0 N–H and O–H groups in total. The van der Waals surface area contributed by atoms with Gasteiger partial charge in [-0.15, -0.1) is 17.0 Å². The third-order valence-electron chi connectivity index (χ3n) is 3.94. The zero-order valence-corrected chi connectivity index (χ0v) is 15.7. The zero-order valence-electron chi connectivity index (χ0n) is 12.4. The van der Waals surface area contributed by atoms with E-state index in [4.69, 9.17) is 0 Å². The highest BCUT2D eigenvalue weighted by Gasteiger charge is 2.10. The van der Waals surface area contributed by atoms with E-state index < -0.39 is 0 Å². The van der Waals surface area contributed by atoms with Crippen molar-refractivity contribution < 1.29 is 0 Å². The van der Waals surface area contributed by atoms with Gasteiger partial charge in [-0.05, 0) is 57.1 Å². The van der Waals surface area contributed by atoms with Gasteiger partial charge in [0.25, 0.3) is 0 Å². The molecule has 0 amide bonds. The Morgan fingerprint density at radius 3 is 2.35 bits per heavy atom. The Morgan fingerprint density at radius 2 is 1.70 bits per heavy atom. The molecule has 1 aliphatic heterocycles. The summed E-state index contributed by atoms with van der Waals surface area (Å²) < 4.78 is 1.16. The van der Waals surface area contributed by atoms with Crippen LogP contribution in [0.25, 0.3) is 0 Å². The van der Waals surface area contributed by atoms with Crippen molar-refractivity contribution in [2.24, 2.45) is 0 Å². The minimum absolute atomic E-state index is 0. The molecule has 2 rings (SSSR count). The average Bonchev–Trinajstić information content (AvgIpc) is 2.45. The number of nitrogens with zero attached hydrogens (tertiary/aromatic N) is 2. The largest absolute Gasteiger partial charge is 0.305 e. The Hall–Kier alpha value is 0.1000. The van der Waals surface area contributed by atoms with Crippen LogP contribution in [-0.2, 0) is 6.42 Å². The number of piperidine rings is 1. The molecule has 0 radical (unpaired) electrons. The monoisotopic (exact) mass is 404 g/mol. The number of rotatable bonds is 6. The van der Waals surface area contributed by atoms with E-state index in [1.807, 2.05) is 0 Å². The highest BCUT2D eigenvalue weighted by molar-refractivity contribution is 9.10. The molecule has 0 saturated carbocycles. The summed E-state index contributed by atoms with van der Waals surface area (Å²) in [6.07, 6.45) is 5.35. The lowest BCUT2D eigenvalue weighted by Crippen LogP contribution is -2.37. The standard InChI is InChI=1S/C16H25BrN2.BrH/c1-18(13-14-19-10-3-2-4-11-19)12-9-15-5-7-16(17)8-6-15;/h5-8H,2-4,9-14H2,1H3;1H. The van der Waals surface area contributed by atoms with Crippen molar-refractivity contribution in [3.63, 3.8) is 0 Å². The first kappa shape index (κ1) is 18.1. The van der Waals surface area contributed by atoms with Gasteiger partial charge in [-0.1, -0.05) is 34.5 Å². The van der Waals surface area contributed by atoms with Gasteiger partial charge in [0, 0.05) is 24.1 Å². The first-order valence-electron chi connectivity index (χ1n) is 7.39. The van der Waals surface area contributed by atoms with Crippen LogP contribution in [0.4, 0.5) is 0 Å². The minimum atomic E-state index is 0. The van der Waals surface area contributed by atoms with Crippen molar-refractivity contribution in [3.8, 4) is 0 Å². The molecule has 0 atom stereocenters. The summed E-state index contributed by atoms with van der Waals surface area (Å²) in [6, 6.07) is 8.68. The molecule has 0 aromatic heterocycles. The van der Waals surface area contributed by atoms with Crippen molar-refractivity contribution in [1.82, 2.24) is 9.80 Å². The smallest absolute Gasteiger partial charge is 0.0175 e. The molecular formula is C16H26Br2N2. The summed E-state index contributed by atoms with van der Waals surface area (Å²) in [7, 11) is 2.24. The first-order valence-corrected chi connectivity index (χ1v) is 8.19. The van der Waals surface area contributed by atoms with Crippen LogP contribution in [0.3, 0.4) is 0 Å². The van der Waals surface area contributed by atoms with Gasteiger partial charge in [-0.3, -0.25) is 0 Å². The van der Waals surface area contributed by atoms with E-state index in [9.17, 15) is 0 Å². The molecule has 20 heavy (non-hydrogen) atoms. The molecule has 2 nitrogen and oxygen atoms in total. The minimum Gasteiger partial charge on any atom is -0.305 e. The molecule has 4 heteroatoms. The van der Waals surface area contributed by atoms with Crippen LogP contribution in [0.1, 0.15) is 24.8 Å². The van der Waals surface area contributed by atoms with Crippen LogP contribution in [-0.4, -0.2) is 49.6 Å². The number of hydrogen-bond acceptors (Lipinski definition) is 2. The zero-order chi connectivity index (χ0) is 13.5. The lowest BCUT2D eigenvalue weighted by Gasteiger charge is -2.28. The summed E-state index contributed by atoms with van der Waals surface area (Å²) in [5.74, 6) is 0. The molecule has 1 saturated heterocycles. The van der Waals surface area contributed by atoms with Crippen LogP contribution in [0.2, 0.25) is 0 Å². The van der Waals surface area contributed by atoms with Gasteiger partial charge < -0.3 is 9.80 Å². The number of halogens is 2. The number of likely N-dealkylation sites (tertiary alicyclic amines) is 1. The second-order valence-corrected chi connectivity index (χ2v) is 6.50. The van der Waals surface area contributed by atoms with Crippen LogP contribution >= 0.6 is 32.9 Å². The molecule has 1 heterocycles. The topological polar surface area (TPSA) is 6.48 Å². The molecule has 0 unspecified atom stereocenters. The molecule has 1 aromatic carbocycles. The maximum absolute atomic E-state index is 3.48. The molecule has 1 aliphatic rings. The fraction of sp³-hybridized carbons (Fsp3) is 0.625. The van der Waals surface area contributed by atoms with Crippen LogP contribution in [0.5, 0.6) is 0 Å². The molecule has 114 valence electrons. The summed E-state index contributed by atoms with van der Waals surface area (Å²) in [6.45, 7) is 6.18. The summed E-state index contributed by atoms with van der Waals surface area (Å²) in [5, 5.41) is 0. The summed E-state index contributed by atoms with van der Waals surface area (Å²) >= 11 is 3.48. The Labute approximate surface area is 142 Å². The van der Waals surface area contributed by atoms with E-state index in [-0.39, 0.29) is 17.0 Å². The van der Waals surface area contributed by atoms with Crippen molar-refractivity contribution in [3.05, 3.63) is 34.3 Å². The molecular weight excluding hydrogens is 380 g/mol. The molecule has 1 fully saturated rings. The van der Waals surface area contributed by atoms with Crippen LogP contribution in [0.15, 0.2) is 28.7 Å². The summed E-state index contributed by atoms with van der Waals surface area (Å²) in [4.78, 5) is 5.07. The normalized spacial score (nSPS) is 16.1. The van der Waals surface area contributed by atoms with E-state index in [0.29, 0.717) is 0 Å². The van der Waals surface area contributed by atoms with Crippen molar-refractivity contribution in [2.45, 2.75) is 25.7 Å². The Balaban J connectivity index is 0.00000200. The maximum atomic E-state index is 3.48. The highest BCUT2D eigenvalue weighted by Crippen LogP contribution is 2.11. The lowest BCUT2D eigenvalue weighted by atomic mass is 10.1. The molecule has 0 spiro atoms. The van der Waals surface area contributed by atoms with Gasteiger partial charge in [0.15, 0.2) is 0 Å². The molecule has 0 aliphatic carbocycles. The van der Waals surface area contributed by atoms with E-state index in [0.717, 1.165) is 17.4 Å². The van der Waals surface area contributed by atoms with Crippen molar-refractivity contribution >= 4 is 32.9 Å². The number of benzene rings is 1. The third kappa shape index (κ3) is 6.70. The molecule has 0 bridgehead atoms. The van der Waals surface area contributed by atoms with E-state index in [1.165, 1.54) is 51.0 Å². The van der Waals surface area contributed by atoms with E-state index >= 15 is 0 Å². The Morgan fingerprint density at radius 1 is 1.05 bits per heavy atom. The van der Waals surface area contributed by atoms with Gasteiger partial charge in [-0.25, -0.2) is 0 Å². The van der Waals surface area contributed by atoms with Gasteiger partial charge in [-0.2, -0.15) is 0 Å². The number of likely N-dealkylation sites (N-methyl/N-ethyl adjacent to an activating group) is 1. The number of hydrogen-bond donors (Lipinski definition) is 0. The third-order valence-corrected chi connectivity index (χ3v) is 4.47. The fourth-order valence-corrected chi connectivity index (χ4v) is 2.84. The predicted molar refractivity (Wildman–Crippen MR) is 96.0 cm³/mol. The van der Waals surface area contributed by atoms with Gasteiger partial charge in [0.05, 0.1) is 0 Å². The lowest BCUT2D eigenvalue weighted by molar-refractivity contribution is 0.197. The predicted octanol–water partition coefficient (Wildman–Crippen LogP) is 3.99. The highest BCUT2D eigenvalue weighted by atomic mass is 79.9. The van der Waals surface area contributed by atoms with E-state index in [2.05, 4.69) is 57.0 Å². The first-order chi connectivity index (χ1) is 9.24. The van der Waals surface area contributed by atoms with Gasteiger partial charge in [0.2, 0.25) is 0 Å². The molecule has 1 aromatic rings. The Kier molecular flexibility index (Phi) is 9.01. The van der Waals surface area contributed by atoms with Crippen LogP contribution < -0.4 is 0 Å². The van der Waals surface area contributed by atoms with Gasteiger partial charge >= 0.3 is 0 Å². The van der Waals surface area contributed by atoms with Gasteiger partial charge in [0.1, 0.15) is 0 Å². The SMILES string of the molecule is Br.CN(CCc1ccc(Br)cc1)CCN1CCCCC1.